The minimum atomic E-state index is 0.145. The summed E-state index contributed by atoms with van der Waals surface area (Å²) in [4.78, 5) is 17.5. The van der Waals surface area contributed by atoms with Gasteiger partial charge in [-0.1, -0.05) is 30.3 Å². The van der Waals surface area contributed by atoms with Crippen LogP contribution in [-0.4, -0.2) is 53.1 Å². The zero-order chi connectivity index (χ0) is 19.1. The highest BCUT2D eigenvalue weighted by Crippen LogP contribution is 2.27. The molecule has 5 heteroatoms. The molecule has 1 aromatic heterocycles. The summed E-state index contributed by atoms with van der Waals surface area (Å²) in [6.07, 6.45) is 2.97. The van der Waals surface area contributed by atoms with E-state index in [-0.39, 0.29) is 5.91 Å². The molecule has 144 valence electrons. The number of fused-ring (bicyclic) bond motifs is 2. The fraction of sp³-hybridized carbons (Fsp3) is 0.348. The number of benzene rings is 2. The maximum Gasteiger partial charge on any atom is 0.256 e. The van der Waals surface area contributed by atoms with Gasteiger partial charge in [-0.15, -0.1) is 0 Å². The van der Waals surface area contributed by atoms with Crippen LogP contribution in [0.5, 0.6) is 5.75 Å². The lowest BCUT2D eigenvalue weighted by Crippen LogP contribution is -2.48. The number of aromatic nitrogens is 1. The van der Waals surface area contributed by atoms with Crippen LogP contribution >= 0.6 is 0 Å². The lowest BCUT2D eigenvalue weighted by molar-refractivity contribution is 0.0630. The monoisotopic (exact) mass is 375 g/mol. The first kappa shape index (κ1) is 17.3. The Bertz CT molecular complexity index is 1030. The van der Waals surface area contributed by atoms with Crippen LogP contribution in [0.4, 0.5) is 0 Å². The van der Waals surface area contributed by atoms with Crippen molar-refractivity contribution >= 4 is 16.8 Å². The SMILES string of the molecule is Cn1cc(C(=O)N2CCN(Cc3ccc4c(c3)CCO4)CC2)c2ccccc21. The Labute approximate surface area is 165 Å². The molecule has 0 radical (unpaired) electrons. The molecule has 0 N–H and O–H groups in total. The largest absolute Gasteiger partial charge is 0.493 e. The minimum Gasteiger partial charge on any atom is -0.493 e. The summed E-state index contributed by atoms with van der Waals surface area (Å²) in [6.45, 7) is 5.09. The molecular formula is C23H25N3O2. The number of carbonyl (C=O) groups is 1. The molecular weight excluding hydrogens is 350 g/mol. The number of nitrogens with zero attached hydrogens (tertiary/aromatic N) is 3. The molecule has 1 fully saturated rings. The Morgan fingerprint density at radius 1 is 1.07 bits per heavy atom. The Morgan fingerprint density at radius 2 is 1.89 bits per heavy atom. The Balaban J connectivity index is 1.25. The Hall–Kier alpha value is -2.79. The molecule has 0 atom stereocenters. The second-order valence-electron chi connectivity index (χ2n) is 7.78. The predicted octanol–water partition coefficient (Wildman–Crippen LogP) is 3.07. The second-order valence-corrected chi connectivity index (χ2v) is 7.78. The van der Waals surface area contributed by atoms with Crippen LogP contribution in [0.2, 0.25) is 0 Å². The molecule has 1 saturated heterocycles. The summed E-state index contributed by atoms with van der Waals surface area (Å²) in [6, 6.07) is 14.6. The van der Waals surface area contributed by atoms with Crippen LogP contribution in [0.15, 0.2) is 48.7 Å². The van der Waals surface area contributed by atoms with E-state index >= 15 is 0 Å². The standard InChI is InChI=1S/C23H25N3O2/c1-24-16-20(19-4-2-3-5-21(19)24)23(27)26-11-9-25(10-12-26)15-17-6-7-22-18(14-17)8-13-28-22/h2-7,14,16H,8-13,15H2,1H3. The second kappa shape index (κ2) is 6.99. The smallest absolute Gasteiger partial charge is 0.256 e. The van der Waals surface area contributed by atoms with Crippen LogP contribution in [0.25, 0.3) is 10.9 Å². The maximum absolute atomic E-state index is 13.1. The fourth-order valence-corrected chi connectivity index (χ4v) is 4.39. The first-order chi connectivity index (χ1) is 13.7. The van der Waals surface area contributed by atoms with Gasteiger partial charge in [0, 0.05) is 63.3 Å². The molecule has 5 rings (SSSR count). The van der Waals surface area contributed by atoms with Crippen molar-refractivity contribution in [3.63, 3.8) is 0 Å². The van der Waals surface area contributed by atoms with Gasteiger partial charge in [-0.05, 0) is 23.3 Å². The van der Waals surface area contributed by atoms with Crippen LogP contribution in [0.3, 0.4) is 0 Å². The summed E-state index contributed by atoms with van der Waals surface area (Å²) >= 11 is 0. The number of piperazine rings is 1. The third-order valence-corrected chi connectivity index (χ3v) is 5.95. The van der Waals surface area contributed by atoms with Gasteiger partial charge >= 0.3 is 0 Å². The van der Waals surface area contributed by atoms with Crippen molar-refractivity contribution in [2.24, 2.45) is 7.05 Å². The Kier molecular flexibility index (Phi) is 4.32. The van der Waals surface area contributed by atoms with Crippen LogP contribution in [-0.2, 0) is 20.0 Å². The van der Waals surface area contributed by atoms with Crippen LogP contribution < -0.4 is 4.74 Å². The summed E-state index contributed by atoms with van der Waals surface area (Å²) in [5.74, 6) is 1.18. The van der Waals surface area contributed by atoms with Gasteiger partial charge < -0.3 is 14.2 Å². The Morgan fingerprint density at radius 3 is 2.75 bits per heavy atom. The van der Waals surface area contributed by atoms with Gasteiger partial charge in [0.05, 0.1) is 12.2 Å². The lowest BCUT2D eigenvalue weighted by Gasteiger charge is -2.34. The summed E-state index contributed by atoms with van der Waals surface area (Å²) in [5.41, 5.74) is 4.57. The lowest BCUT2D eigenvalue weighted by atomic mass is 10.1. The number of aryl methyl sites for hydroxylation is 1. The topological polar surface area (TPSA) is 37.7 Å². The molecule has 0 aliphatic carbocycles. The van der Waals surface area contributed by atoms with Gasteiger partial charge in [0.2, 0.25) is 0 Å². The van der Waals surface area contributed by atoms with Crippen molar-refractivity contribution < 1.29 is 9.53 Å². The summed E-state index contributed by atoms with van der Waals surface area (Å²) < 4.78 is 7.64. The average Bonchev–Trinajstić information content (AvgIpc) is 3.32. The van der Waals surface area contributed by atoms with Gasteiger partial charge in [0.15, 0.2) is 0 Å². The zero-order valence-electron chi connectivity index (χ0n) is 16.2. The zero-order valence-corrected chi connectivity index (χ0v) is 16.2. The third kappa shape index (κ3) is 3.06. The van der Waals surface area contributed by atoms with Gasteiger partial charge in [-0.2, -0.15) is 0 Å². The van der Waals surface area contributed by atoms with E-state index in [2.05, 4.69) is 29.2 Å². The van der Waals surface area contributed by atoms with Crippen molar-refractivity contribution in [2.45, 2.75) is 13.0 Å². The molecule has 1 amide bonds. The number of rotatable bonds is 3. The molecule has 0 unspecified atom stereocenters. The normalized spacial score (nSPS) is 17.0. The molecule has 5 nitrogen and oxygen atoms in total. The van der Waals surface area contributed by atoms with Crippen molar-refractivity contribution in [1.82, 2.24) is 14.4 Å². The molecule has 2 aliphatic heterocycles. The molecule has 2 aliphatic rings. The van der Waals surface area contributed by atoms with Crippen molar-refractivity contribution in [2.75, 3.05) is 32.8 Å². The first-order valence-electron chi connectivity index (χ1n) is 9.99. The molecule has 0 spiro atoms. The predicted molar refractivity (Wildman–Crippen MR) is 110 cm³/mol. The molecule has 0 saturated carbocycles. The summed E-state index contributed by atoms with van der Waals surface area (Å²) in [5, 5.41) is 1.04. The van der Waals surface area contributed by atoms with Crippen LogP contribution in [0, 0.1) is 0 Å². The molecule has 0 bridgehead atoms. The van der Waals surface area contributed by atoms with Crippen molar-refractivity contribution in [3.8, 4) is 5.75 Å². The number of hydrogen-bond acceptors (Lipinski definition) is 3. The van der Waals surface area contributed by atoms with E-state index in [1.54, 1.807) is 0 Å². The molecule has 28 heavy (non-hydrogen) atoms. The summed E-state index contributed by atoms with van der Waals surface area (Å²) in [7, 11) is 2.00. The van der Waals surface area contributed by atoms with Crippen LogP contribution in [0.1, 0.15) is 21.5 Å². The average molecular weight is 375 g/mol. The van der Waals surface area contributed by atoms with Gasteiger partial charge in [-0.25, -0.2) is 0 Å². The highest BCUT2D eigenvalue weighted by Gasteiger charge is 2.24. The van der Waals surface area contributed by atoms with E-state index < -0.39 is 0 Å². The maximum atomic E-state index is 13.1. The minimum absolute atomic E-state index is 0.145. The first-order valence-corrected chi connectivity index (χ1v) is 9.99. The number of ether oxygens (including phenoxy) is 1. The molecule has 3 aromatic rings. The third-order valence-electron chi connectivity index (χ3n) is 5.95. The highest BCUT2D eigenvalue weighted by molar-refractivity contribution is 6.07. The fourth-order valence-electron chi connectivity index (χ4n) is 4.39. The van der Waals surface area contributed by atoms with Gasteiger partial charge in [0.1, 0.15) is 5.75 Å². The van der Waals surface area contributed by atoms with E-state index in [1.807, 2.05) is 40.9 Å². The van der Waals surface area contributed by atoms with Crippen molar-refractivity contribution in [3.05, 3.63) is 65.4 Å². The van der Waals surface area contributed by atoms with E-state index in [1.165, 1.54) is 11.1 Å². The van der Waals surface area contributed by atoms with Crippen molar-refractivity contribution in [1.29, 1.82) is 0 Å². The quantitative estimate of drug-likeness (QED) is 0.706. The molecule has 3 heterocycles. The van der Waals surface area contributed by atoms with E-state index in [4.69, 9.17) is 4.74 Å². The number of carbonyl (C=O) groups excluding carboxylic acids is 1. The van der Waals surface area contributed by atoms with E-state index in [0.29, 0.717) is 0 Å². The number of para-hydroxylation sites is 1. The van der Waals surface area contributed by atoms with E-state index in [9.17, 15) is 4.79 Å². The molecule has 2 aromatic carbocycles. The highest BCUT2D eigenvalue weighted by atomic mass is 16.5. The van der Waals surface area contributed by atoms with Gasteiger partial charge in [0.25, 0.3) is 5.91 Å². The number of amides is 1. The van der Waals surface area contributed by atoms with Gasteiger partial charge in [-0.3, -0.25) is 9.69 Å². The number of hydrogen-bond donors (Lipinski definition) is 0. The van der Waals surface area contributed by atoms with E-state index in [0.717, 1.165) is 68.0 Å².